The number of aromatic nitrogens is 2. The van der Waals surface area contributed by atoms with E-state index < -0.39 is 5.97 Å². The minimum atomic E-state index is -0.455. The van der Waals surface area contributed by atoms with Gasteiger partial charge in [0.05, 0.1) is 12.8 Å². The summed E-state index contributed by atoms with van der Waals surface area (Å²) in [5, 5.41) is 5.94. The molecule has 3 heterocycles. The largest absolute Gasteiger partial charge is 0.465 e. The molecule has 0 atom stereocenters. The van der Waals surface area contributed by atoms with Crippen LogP contribution in [-0.2, 0) is 11.2 Å². The number of carbonyl (C=O) groups is 1. The standard InChI is InChI=1S/C30H27N3O3S2/c1-19(2)15-26-27(20-9-7-12-23(16-20)36-22-10-5-4-6-11-22)32-30(38-26)33-28-24(29(34)35-3)17-21(18-31-28)25-13-8-14-37-25/h4-14,16-19H,15H2,1-3H3,(H,31,32,33). The highest BCUT2D eigenvalue weighted by Crippen LogP contribution is 2.37. The number of thiophene rings is 1. The topological polar surface area (TPSA) is 73.3 Å². The Labute approximate surface area is 230 Å². The molecule has 0 aliphatic rings. The van der Waals surface area contributed by atoms with E-state index in [2.05, 4.69) is 24.1 Å². The Hall–Kier alpha value is -4.01. The lowest BCUT2D eigenvalue weighted by Crippen LogP contribution is -2.07. The Balaban J connectivity index is 1.48. The van der Waals surface area contributed by atoms with Gasteiger partial charge in [0.2, 0.25) is 0 Å². The maximum Gasteiger partial charge on any atom is 0.341 e. The fourth-order valence-corrected chi connectivity index (χ4v) is 5.88. The molecule has 2 aromatic carbocycles. The van der Waals surface area contributed by atoms with Gasteiger partial charge in [0.1, 0.15) is 22.9 Å². The smallest absolute Gasteiger partial charge is 0.341 e. The number of hydrogen-bond acceptors (Lipinski definition) is 8. The van der Waals surface area contributed by atoms with Gasteiger partial charge in [-0.15, -0.1) is 22.7 Å². The molecule has 0 saturated carbocycles. The molecule has 1 N–H and O–H groups in total. The first-order chi connectivity index (χ1) is 18.5. The molecule has 0 spiro atoms. The van der Waals surface area contributed by atoms with Gasteiger partial charge in [-0.3, -0.25) is 0 Å². The third-order valence-corrected chi connectivity index (χ3v) is 7.61. The maximum atomic E-state index is 12.6. The van der Waals surface area contributed by atoms with Crippen molar-refractivity contribution in [3.05, 3.63) is 94.8 Å². The van der Waals surface area contributed by atoms with Crippen molar-refractivity contribution in [2.24, 2.45) is 5.92 Å². The van der Waals surface area contributed by atoms with Crippen LogP contribution in [0.3, 0.4) is 0 Å². The minimum Gasteiger partial charge on any atom is -0.465 e. The quantitative estimate of drug-likeness (QED) is 0.189. The van der Waals surface area contributed by atoms with E-state index >= 15 is 0 Å². The van der Waals surface area contributed by atoms with Crippen molar-refractivity contribution in [1.29, 1.82) is 0 Å². The Morgan fingerprint density at radius 3 is 2.53 bits per heavy atom. The number of nitrogens with zero attached hydrogens (tertiary/aromatic N) is 2. The number of hydrogen-bond donors (Lipinski definition) is 1. The summed E-state index contributed by atoms with van der Waals surface area (Å²) in [6.45, 7) is 4.37. The first-order valence-electron chi connectivity index (χ1n) is 12.2. The van der Waals surface area contributed by atoms with E-state index in [0.29, 0.717) is 22.4 Å². The number of rotatable bonds is 9. The second-order valence-corrected chi connectivity index (χ2v) is 11.1. The first-order valence-corrected chi connectivity index (χ1v) is 13.9. The number of thiazole rings is 1. The third kappa shape index (κ3) is 5.93. The minimum absolute atomic E-state index is 0.360. The van der Waals surface area contributed by atoms with Gasteiger partial charge < -0.3 is 14.8 Å². The lowest BCUT2D eigenvalue weighted by Gasteiger charge is -2.09. The predicted molar refractivity (Wildman–Crippen MR) is 155 cm³/mol. The number of carbonyl (C=O) groups excluding carboxylic acids is 1. The van der Waals surface area contributed by atoms with Crippen LogP contribution in [0.2, 0.25) is 0 Å². The highest BCUT2D eigenvalue weighted by molar-refractivity contribution is 7.16. The van der Waals surface area contributed by atoms with Gasteiger partial charge in [-0.05, 0) is 54.1 Å². The summed E-state index contributed by atoms with van der Waals surface area (Å²) in [6, 6.07) is 23.4. The average molecular weight is 542 g/mol. The Morgan fingerprint density at radius 1 is 0.974 bits per heavy atom. The molecule has 8 heteroatoms. The second-order valence-electron chi connectivity index (χ2n) is 9.05. The van der Waals surface area contributed by atoms with Gasteiger partial charge in [-0.25, -0.2) is 14.8 Å². The van der Waals surface area contributed by atoms with Crippen LogP contribution in [0, 0.1) is 5.92 Å². The second kappa shape index (κ2) is 11.6. The number of methoxy groups -OCH3 is 1. The molecule has 6 nitrogen and oxygen atoms in total. The highest BCUT2D eigenvalue weighted by atomic mass is 32.1. The molecule has 5 aromatic rings. The number of anilines is 2. The number of ether oxygens (including phenoxy) is 2. The average Bonchev–Trinajstić information content (AvgIpc) is 3.59. The van der Waals surface area contributed by atoms with Gasteiger partial charge in [-0.1, -0.05) is 50.2 Å². The van der Waals surface area contributed by atoms with Crippen LogP contribution >= 0.6 is 22.7 Å². The normalized spacial score (nSPS) is 10.9. The van der Waals surface area contributed by atoms with E-state index in [1.165, 1.54) is 7.11 Å². The number of esters is 1. The summed E-state index contributed by atoms with van der Waals surface area (Å²) in [5.41, 5.74) is 3.08. The molecule has 0 aliphatic carbocycles. The van der Waals surface area contributed by atoms with Crippen LogP contribution in [0.5, 0.6) is 11.5 Å². The molecule has 5 rings (SSSR count). The summed E-state index contributed by atoms with van der Waals surface area (Å²) in [7, 11) is 1.37. The van der Waals surface area contributed by atoms with Crippen LogP contribution in [0.25, 0.3) is 21.7 Å². The zero-order valence-corrected chi connectivity index (χ0v) is 22.9. The van der Waals surface area contributed by atoms with Crippen molar-refractivity contribution in [2.45, 2.75) is 20.3 Å². The monoisotopic (exact) mass is 541 g/mol. The number of nitrogens with one attached hydrogen (secondary N) is 1. The van der Waals surface area contributed by atoms with E-state index in [1.54, 1.807) is 34.9 Å². The van der Waals surface area contributed by atoms with Gasteiger partial charge in [-0.2, -0.15) is 0 Å². The van der Waals surface area contributed by atoms with Gasteiger partial charge in [0.15, 0.2) is 5.13 Å². The first kappa shape index (κ1) is 25.6. The molecular weight excluding hydrogens is 514 g/mol. The molecule has 0 radical (unpaired) electrons. The lowest BCUT2D eigenvalue weighted by molar-refractivity contribution is 0.0601. The Bertz CT molecular complexity index is 1530. The Morgan fingerprint density at radius 2 is 1.79 bits per heavy atom. The summed E-state index contributed by atoms with van der Waals surface area (Å²) in [6.07, 6.45) is 2.63. The van der Waals surface area contributed by atoms with Crippen LogP contribution in [0.1, 0.15) is 29.1 Å². The third-order valence-electron chi connectivity index (χ3n) is 5.70. The highest BCUT2D eigenvalue weighted by Gasteiger charge is 2.20. The van der Waals surface area contributed by atoms with Crippen LogP contribution < -0.4 is 10.1 Å². The molecule has 192 valence electrons. The molecular formula is C30H27N3O3S2. The summed E-state index contributed by atoms with van der Waals surface area (Å²) in [5.74, 6) is 1.92. The molecule has 0 aliphatic heterocycles. The van der Waals surface area contributed by atoms with E-state index in [-0.39, 0.29) is 0 Å². The van der Waals surface area contributed by atoms with Crippen LogP contribution in [0.4, 0.5) is 10.9 Å². The number of pyridine rings is 1. The summed E-state index contributed by atoms with van der Waals surface area (Å²) in [4.78, 5) is 24.3. The van der Waals surface area contributed by atoms with E-state index in [1.807, 2.05) is 72.1 Å². The molecule has 0 unspecified atom stereocenters. The lowest BCUT2D eigenvalue weighted by atomic mass is 10.0. The van der Waals surface area contributed by atoms with Gasteiger partial charge >= 0.3 is 5.97 Å². The van der Waals surface area contributed by atoms with Crippen molar-refractivity contribution in [3.63, 3.8) is 0 Å². The fourth-order valence-electron chi connectivity index (χ4n) is 3.98. The number of benzene rings is 2. The molecule has 0 fully saturated rings. The van der Waals surface area contributed by atoms with E-state index in [9.17, 15) is 4.79 Å². The Kier molecular flexibility index (Phi) is 7.81. The van der Waals surface area contributed by atoms with Crippen LogP contribution in [-0.4, -0.2) is 23.0 Å². The van der Waals surface area contributed by atoms with Crippen molar-refractivity contribution < 1.29 is 14.3 Å². The fraction of sp³-hybridized carbons (Fsp3) is 0.167. The molecule has 0 bridgehead atoms. The molecule has 0 saturated heterocycles. The van der Waals surface area contributed by atoms with E-state index in [0.717, 1.165) is 44.5 Å². The van der Waals surface area contributed by atoms with Gasteiger partial charge in [0, 0.05) is 27.1 Å². The summed E-state index contributed by atoms with van der Waals surface area (Å²) >= 11 is 3.16. The van der Waals surface area contributed by atoms with Crippen molar-refractivity contribution in [2.75, 3.05) is 12.4 Å². The van der Waals surface area contributed by atoms with Crippen molar-refractivity contribution >= 4 is 39.6 Å². The van der Waals surface area contributed by atoms with Crippen molar-refractivity contribution in [1.82, 2.24) is 9.97 Å². The van der Waals surface area contributed by atoms with Crippen LogP contribution in [0.15, 0.2) is 84.4 Å². The predicted octanol–water partition coefficient (Wildman–Crippen LogP) is 8.45. The zero-order valence-electron chi connectivity index (χ0n) is 21.3. The molecule has 0 amide bonds. The number of para-hydroxylation sites is 1. The van der Waals surface area contributed by atoms with Crippen molar-refractivity contribution in [3.8, 4) is 33.2 Å². The molecule has 38 heavy (non-hydrogen) atoms. The maximum absolute atomic E-state index is 12.6. The SMILES string of the molecule is COC(=O)c1cc(-c2cccs2)cnc1Nc1nc(-c2cccc(Oc3ccccc3)c2)c(CC(C)C)s1. The van der Waals surface area contributed by atoms with E-state index in [4.69, 9.17) is 14.5 Å². The zero-order chi connectivity index (χ0) is 26.5. The van der Waals surface area contributed by atoms with Gasteiger partial charge in [0.25, 0.3) is 0 Å². The molecule has 3 aromatic heterocycles. The summed E-state index contributed by atoms with van der Waals surface area (Å²) < 4.78 is 11.1.